The maximum Gasteiger partial charge on any atom is 0.0815 e. The molecule has 3 fully saturated rings. The minimum absolute atomic E-state index is 0.111. The van der Waals surface area contributed by atoms with E-state index in [4.69, 9.17) is 9.47 Å². The third kappa shape index (κ3) is 2.72. The smallest absolute Gasteiger partial charge is 0.0815 e. The van der Waals surface area contributed by atoms with E-state index in [1.54, 1.807) is 0 Å². The van der Waals surface area contributed by atoms with Gasteiger partial charge in [-0.2, -0.15) is 0 Å². The lowest BCUT2D eigenvalue weighted by Gasteiger charge is -2.45. The fourth-order valence-electron chi connectivity index (χ4n) is 3.51. The molecule has 0 aromatic rings. The molecule has 0 radical (unpaired) electrons. The van der Waals surface area contributed by atoms with E-state index in [9.17, 15) is 10.2 Å². The van der Waals surface area contributed by atoms with Crippen LogP contribution in [0.25, 0.3) is 0 Å². The van der Waals surface area contributed by atoms with Crippen LogP contribution in [0.3, 0.4) is 0 Å². The van der Waals surface area contributed by atoms with Crippen molar-refractivity contribution in [3.63, 3.8) is 0 Å². The summed E-state index contributed by atoms with van der Waals surface area (Å²) in [6.45, 7) is 2.05. The van der Waals surface area contributed by atoms with Gasteiger partial charge in [0.25, 0.3) is 0 Å². The Hall–Kier alpha value is -0.160. The van der Waals surface area contributed by atoms with Gasteiger partial charge in [-0.3, -0.25) is 0 Å². The number of epoxide rings is 2. The van der Waals surface area contributed by atoms with Gasteiger partial charge < -0.3 is 19.7 Å². The topological polar surface area (TPSA) is 65.5 Å². The van der Waals surface area contributed by atoms with E-state index >= 15 is 0 Å². The highest BCUT2D eigenvalue weighted by molar-refractivity contribution is 4.97. The maximum atomic E-state index is 9.49. The Bertz CT molecular complexity index is 266. The van der Waals surface area contributed by atoms with E-state index in [-0.39, 0.29) is 18.6 Å². The van der Waals surface area contributed by atoms with Crippen molar-refractivity contribution in [2.45, 2.75) is 50.7 Å². The monoisotopic (exact) mass is 256 g/mol. The normalized spacial score (nSPS) is 36.3. The molecular weight excluding hydrogens is 232 g/mol. The summed E-state index contributed by atoms with van der Waals surface area (Å²) in [5.74, 6) is 0. The minimum Gasteiger partial charge on any atom is -0.396 e. The van der Waals surface area contributed by atoms with Crippen LogP contribution in [0.2, 0.25) is 0 Å². The highest BCUT2D eigenvalue weighted by Gasteiger charge is 2.47. The van der Waals surface area contributed by atoms with E-state index in [1.807, 2.05) is 0 Å². The highest BCUT2D eigenvalue weighted by atomic mass is 16.6. The van der Waals surface area contributed by atoms with Crippen LogP contribution in [0.5, 0.6) is 0 Å². The van der Waals surface area contributed by atoms with Crippen molar-refractivity contribution in [1.82, 2.24) is 0 Å². The molecule has 0 aromatic heterocycles. The van der Waals surface area contributed by atoms with Gasteiger partial charge in [0, 0.05) is 5.41 Å². The lowest BCUT2D eigenvalue weighted by atomic mass is 9.61. The van der Waals surface area contributed by atoms with Crippen molar-refractivity contribution in [3.8, 4) is 0 Å². The predicted octanol–water partition coefficient (Wildman–Crippen LogP) is 1.10. The molecule has 0 aromatic carbocycles. The van der Waals surface area contributed by atoms with Crippen molar-refractivity contribution in [3.05, 3.63) is 0 Å². The van der Waals surface area contributed by atoms with E-state index in [2.05, 4.69) is 0 Å². The van der Waals surface area contributed by atoms with Crippen molar-refractivity contribution in [1.29, 1.82) is 0 Å². The summed E-state index contributed by atoms with van der Waals surface area (Å²) in [5, 5.41) is 19.0. The van der Waals surface area contributed by atoms with Crippen molar-refractivity contribution >= 4 is 0 Å². The van der Waals surface area contributed by atoms with Crippen molar-refractivity contribution in [2.75, 3.05) is 26.4 Å². The Kier molecular flexibility index (Phi) is 3.39. The molecule has 2 saturated heterocycles. The molecule has 3 rings (SSSR count). The molecule has 2 heterocycles. The average Bonchev–Trinajstić information content (AvgIpc) is 3.28. The van der Waals surface area contributed by atoms with Crippen LogP contribution in [0, 0.1) is 10.8 Å². The van der Waals surface area contributed by atoms with Crippen LogP contribution >= 0.6 is 0 Å². The van der Waals surface area contributed by atoms with Gasteiger partial charge in [0.15, 0.2) is 0 Å². The van der Waals surface area contributed by atoms with E-state index in [1.165, 1.54) is 0 Å². The van der Waals surface area contributed by atoms with Gasteiger partial charge >= 0.3 is 0 Å². The lowest BCUT2D eigenvalue weighted by molar-refractivity contribution is -0.0232. The fourth-order valence-corrected chi connectivity index (χ4v) is 3.51. The van der Waals surface area contributed by atoms with Crippen LogP contribution in [-0.4, -0.2) is 48.8 Å². The largest absolute Gasteiger partial charge is 0.396 e. The highest BCUT2D eigenvalue weighted by Crippen LogP contribution is 2.52. The molecule has 104 valence electrons. The van der Waals surface area contributed by atoms with Crippen LogP contribution in [0.1, 0.15) is 38.5 Å². The Morgan fingerprint density at radius 1 is 0.778 bits per heavy atom. The number of hydrogen-bond donors (Lipinski definition) is 2. The SMILES string of the molecule is OCC1(CO)CCC(CC2CO2)(CC2CO2)CC1. The van der Waals surface area contributed by atoms with Gasteiger partial charge in [0.1, 0.15) is 0 Å². The zero-order chi connectivity index (χ0) is 12.6. The molecule has 4 nitrogen and oxygen atoms in total. The molecule has 1 saturated carbocycles. The Balaban J connectivity index is 1.63. The Labute approximate surface area is 108 Å². The van der Waals surface area contributed by atoms with E-state index < -0.39 is 0 Å². The molecular formula is C14H24O4. The fraction of sp³-hybridized carbons (Fsp3) is 1.00. The average molecular weight is 256 g/mol. The first-order valence-electron chi connectivity index (χ1n) is 7.14. The van der Waals surface area contributed by atoms with E-state index in [0.29, 0.717) is 17.6 Å². The van der Waals surface area contributed by atoms with E-state index in [0.717, 1.165) is 51.7 Å². The number of hydrogen-bond acceptors (Lipinski definition) is 4. The second-order valence-corrected chi connectivity index (χ2v) is 6.64. The first kappa shape index (κ1) is 12.9. The van der Waals surface area contributed by atoms with Gasteiger partial charge in [-0.1, -0.05) is 0 Å². The zero-order valence-electron chi connectivity index (χ0n) is 10.9. The maximum absolute atomic E-state index is 9.49. The van der Waals surface area contributed by atoms with Gasteiger partial charge in [-0.15, -0.1) is 0 Å². The van der Waals surface area contributed by atoms with Gasteiger partial charge in [0.05, 0.1) is 38.6 Å². The summed E-state index contributed by atoms with van der Waals surface area (Å²) >= 11 is 0. The molecule has 2 aliphatic heterocycles. The van der Waals surface area contributed by atoms with Crippen LogP contribution in [0.15, 0.2) is 0 Å². The third-order valence-corrected chi connectivity index (χ3v) is 5.17. The molecule has 3 aliphatic rings. The summed E-state index contributed by atoms with van der Waals surface area (Å²) in [7, 11) is 0. The number of aliphatic hydroxyl groups excluding tert-OH is 2. The van der Waals surface area contributed by atoms with Crippen molar-refractivity contribution < 1.29 is 19.7 Å². The number of aliphatic hydroxyl groups is 2. The predicted molar refractivity (Wildman–Crippen MR) is 66.2 cm³/mol. The van der Waals surface area contributed by atoms with Gasteiger partial charge in [-0.25, -0.2) is 0 Å². The van der Waals surface area contributed by atoms with Crippen LogP contribution in [0.4, 0.5) is 0 Å². The first-order chi connectivity index (χ1) is 8.69. The standard InChI is InChI=1S/C14H24O4/c15-9-14(10-16)3-1-13(2-4-14,5-11-7-17-11)6-12-8-18-12/h11-12,15-16H,1-10H2. The molecule has 1 aliphatic carbocycles. The summed E-state index contributed by atoms with van der Waals surface area (Å²) in [6, 6.07) is 0. The number of ether oxygens (including phenoxy) is 2. The summed E-state index contributed by atoms with van der Waals surface area (Å²) in [5.41, 5.74) is 0.0918. The van der Waals surface area contributed by atoms with Crippen LogP contribution < -0.4 is 0 Å². The van der Waals surface area contributed by atoms with Gasteiger partial charge in [-0.05, 0) is 43.9 Å². The second kappa shape index (κ2) is 4.75. The minimum atomic E-state index is -0.238. The second-order valence-electron chi connectivity index (χ2n) is 6.64. The molecule has 2 atom stereocenters. The molecule has 0 spiro atoms. The first-order valence-corrected chi connectivity index (χ1v) is 7.14. The summed E-state index contributed by atoms with van der Waals surface area (Å²) < 4.78 is 10.8. The summed E-state index contributed by atoms with van der Waals surface area (Å²) in [6.07, 6.45) is 7.24. The molecule has 0 bridgehead atoms. The molecule has 18 heavy (non-hydrogen) atoms. The molecule has 2 unspecified atom stereocenters. The molecule has 4 heteroatoms. The zero-order valence-corrected chi connectivity index (χ0v) is 10.9. The van der Waals surface area contributed by atoms with Crippen molar-refractivity contribution in [2.24, 2.45) is 10.8 Å². The number of rotatable bonds is 6. The lowest BCUT2D eigenvalue weighted by Crippen LogP contribution is -2.40. The third-order valence-electron chi connectivity index (χ3n) is 5.17. The summed E-state index contributed by atoms with van der Waals surface area (Å²) in [4.78, 5) is 0. The molecule has 2 N–H and O–H groups in total. The molecule has 0 amide bonds. The Morgan fingerprint density at radius 3 is 1.50 bits per heavy atom. The quantitative estimate of drug-likeness (QED) is 0.698. The Morgan fingerprint density at radius 2 is 1.17 bits per heavy atom. The van der Waals surface area contributed by atoms with Gasteiger partial charge in [0.2, 0.25) is 0 Å². The van der Waals surface area contributed by atoms with Crippen LogP contribution in [-0.2, 0) is 9.47 Å².